The van der Waals surface area contributed by atoms with Crippen LogP contribution >= 0.6 is 0 Å². The first-order chi connectivity index (χ1) is 11.0. The number of hydrogen-bond donors (Lipinski definition) is 2. The van der Waals surface area contributed by atoms with Gasteiger partial charge in [0, 0.05) is 6.42 Å². The number of hydrogen-bond acceptors (Lipinski definition) is 6. The Morgan fingerprint density at radius 1 is 1.21 bits per heavy atom. The Morgan fingerprint density at radius 3 is 2.42 bits per heavy atom. The van der Waals surface area contributed by atoms with Gasteiger partial charge in [-0.05, 0) is 47.5 Å². The first kappa shape index (κ1) is 21.4. The van der Waals surface area contributed by atoms with Gasteiger partial charge in [-0.15, -0.1) is 0 Å². The van der Waals surface area contributed by atoms with E-state index in [9.17, 15) is 15.0 Å². The molecule has 6 heteroatoms. The van der Waals surface area contributed by atoms with E-state index >= 15 is 0 Å². The summed E-state index contributed by atoms with van der Waals surface area (Å²) >= 11 is 0. The van der Waals surface area contributed by atoms with E-state index in [2.05, 4.69) is 0 Å². The van der Waals surface area contributed by atoms with E-state index < -0.39 is 24.1 Å². The van der Waals surface area contributed by atoms with Crippen molar-refractivity contribution in [2.75, 3.05) is 0 Å². The Hall–Kier alpha value is -0.690. The number of aliphatic hydroxyl groups is 2. The molecule has 1 saturated heterocycles. The SMILES string of the molecule is C[C@H](CCC[C@H](C)C(=O)OC(C)(C)C)OC1O[C@@H](C)C(O)C[C@H]1O. The lowest BCUT2D eigenvalue weighted by Gasteiger charge is -2.36. The van der Waals surface area contributed by atoms with E-state index in [-0.39, 0.29) is 30.5 Å². The summed E-state index contributed by atoms with van der Waals surface area (Å²) in [5.41, 5.74) is -0.461. The fourth-order valence-corrected chi connectivity index (χ4v) is 2.59. The Bertz CT molecular complexity index is 391. The number of aliphatic hydroxyl groups excluding tert-OH is 2. The molecule has 0 saturated carbocycles. The zero-order chi connectivity index (χ0) is 18.5. The van der Waals surface area contributed by atoms with Crippen LogP contribution in [0.2, 0.25) is 0 Å². The molecule has 0 aromatic rings. The smallest absolute Gasteiger partial charge is 0.309 e. The van der Waals surface area contributed by atoms with Gasteiger partial charge in [0.25, 0.3) is 0 Å². The Morgan fingerprint density at radius 2 is 1.83 bits per heavy atom. The Kier molecular flexibility index (Phi) is 8.12. The highest BCUT2D eigenvalue weighted by Crippen LogP contribution is 2.23. The molecular weight excluding hydrogens is 312 g/mol. The van der Waals surface area contributed by atoms with Crippen LogP contribution in [0.1, 0.15) is 67.2 Å². The second kappa shape index (κ2) is 9.13. The second-order valence-electron chi connectivity index (χ2n) is 7.89. The topological polar surface area (TPSA) is 85.2 Å². The number of rotatable bonds is 7. The van der Waals surface area contributed by atoms with Crippen molar-refractivity contribution in [1.29, 1.82) is 0 Å². The molecule has 1 rings (SSSR count). The van der Waals surface area contributed by atoms with E-state index in [0.717, 1.165) is 19.3 Å². The number of esters is 1. The quantitative estimate of drug-likeness (QED) is 0.689. The second-order valence-corrected chi connectivity index (χ2v) is 7.89. The average Bonchev–Trinajstić information content (AvgIpc) is 2.42. The summed E-state index contributed by atoms with van der Waals surface area (Å²) in [7, 11) is 0. The van der Waals surface area contributed by atoms with E-state index in [0.29, 0.717) is 0 Å². The minimum atomic E-state index is -0.820. The van der Waals surface area contributed by atoms with Crippen LogP contribution in [0.5, 0.6) is 0 Å². The molecule has 0 spiro atoms. The predicted octanol–water partition coefficient (Wildman–Crippen LogP) is 2.40. The van der Waals surface area contributed by atoms with Gasteiger partial charge in [0.1, 0.15) is 11.7 Å². The fraction of sp³-hybridized carbons (Fsp3) is 0.944. The van der Waals surface area contributed by atoms with Gasteiger partial charge in [-0.1, -0.05) is 13.3 Å². The van der Waals surface area contributed by atoms with Crippen molar-refractivity contribution in [3.8, 4) is 0 Å². The predicted molar refractivity (Wildman–Crippen MR) is 90.4 cm³/mol. The van der Waals surface area contributed by atoms with Crippen molar-refractivity contribution in [2.24, 2.45) is 5.92 Å². The summed E-state index contributed by atoms with van der Waals surface area (Å²) in [6.07, 6.45) is -0.0687. The van der Waals surface area contributed by atoms with Crippen LogP contribution < -0.4 is 0 Å². The van der Waals surface area contributed by atoms with Gasteiger partial charge in [-0.3, -0.25) is 4.79 Å². The lowest BCUT2D eigenvalue weighted by Crippen LogP contribution is -2.48. The molecule has 1 fully saturated rings. The van der Waals surface area contributed by atoms with Gasteiger partial charge in [0.05, 0.1) is 24.2 Å². The normalized spacial score (nSPS) is 30.7. The summed E-state index contributed by atoms with van der Waals surface area (Å²) in [4.78, 5) is 11.9. The summed E-state index contributed by atoms with van der Waals surface area (Å²) in [5, 5.41) is 19.6. The third-order valence-corrected chi connectivity index (χ3v) is 4.11. The van der Waals surface area contributed by atoms with Crippen molar-refractivity contribution in [3.63, 3.8) is 0 Å². The third kappa shape index (κ3) is 7.47. The van der Waals surface area contributed by atoms with Crippen LogP contribution in [0, 0.1) is 5.92 Å². The van der Waals surface area contributed by atoms with E-state index in [1.807, 2.05) is 34.6 Å². The molecule has 0 aromatic carbocycles. The van der Waals surface area contributed by atoms with E-state index in [1.54, 1.807) is 6.92 Å². The Balaban J connectivity index is 2.28. The number of carbonyl (C=O) groups excluding carboxylic acids is 1. The maximum absolute atomic E-state index is 11.9. The molecule has 0 aromatic heterocycles. The third-order valence-electron chi connectivity index (χ3n) is 4.11. The van der Waals surface area contributed by atoms with Crippen LogP contribution in [0.4, 0.5) is 0 Å². The summed E-state index contributed by atoms with van der Waals surface area (Å²) in [6, 6.07) is 0. The molecule has 2 N–H and O–H groups in total. The molecule has 2 unspecified atom stereocenters. The Labute approximate surface area is 145 Å². The molecule has 0 aliphatic carbocycles. The van der Waals surface area contributed by atoms with E-state index in [1.165, 1.54) is 0 Å². The minimum absolute atomic E-state index is 0.0991. The lowest BCUT2D eigenvalue weighted by molar-refractivity contribution is -0.273. The van der Waals surface area contributed by atoms with Crippen LogP contribution in [-0.4, -0.2) is 52.5 Å². The highest BCUT2D eigenvalue weighted by Gasteiger charge is 2.35. The number of carbonyl (C=O) groups is 1. The van der Waals surface area contributed by atoms with E-state index in [4.69, 9.17) is 14.2 Å². The molecular formula is C18H34O6. The maximum Gasteiger partial charge on any atom is 0.309 e. The molecule has 1 heterocycles. The van der Waals surface area contributed by atoms with Crippen LogP contribution in [0.25, 0.3) is 0 Å². The van der Waals surface area contributed by atoms with Crippen molar-refractivity contribution in [3.05, 3.63) is 0 Å². The standard InChI is InChI=1S/C18H34O6/c1-11(16(21)24-18(4,5)6)8-7-9-12(2)22-17-15(20)10-14(19)13(3)23-17/h11-15,17,19-20H,7-10H2,1-6H3/t11-,12+,13-,14?,15+,17?/m0/s1. The fourth-order valence-electron chi connectivity index (χ4n) is 2.59. The van der Waals surface area contributed by atoms with Crippen molar-refractivity contribution in [2.45, 2.75) is 104 Å². The molecule has 6 atom stereocenters. The summed E-state index contributed by atoms with van der Waals surface area (Å²) < 4.78 is 16.6. The first-order valence-corrected chi connectivity index (χ1v) is 8.89. The molecule has 0 bridgehead atoms. The van der Waals surface area contributed by atoms with Gasteiger partial charge >= 0.3 is 5.97 Å². The summed E-state index contributed by atoms with van der Waals surface area (Å²) in [5.74, 6) is -0.326. The van der Waals surface area contributed by atoms with Gasteiger partial charge in [-0.2, -0.15) is 0 Å². The lowest BCUT2D eigenvalue weighted by atomic mass is 10.0. The van der Waals surface area contributed by atoms with Crippen LogP contribution in [-0.2, 0) is 19.0 Å². The number of ether oxygens (including phenoxy) is 3. The molecule has 142 valence electrons. The highest BCUT2D eigenvalue weighted by atomic mass is 16.7. The monoisotopic (exact) mass is 346 g/mol. The minimum Gasteiger partial charge on any atom is -0.460 e. The molecule has 0 radical (unpaired) electrons. The molecule has 6 nitrogen and oxygen atoms in total. The van der Waals surface area contributed by atoms with Crippen molar-refractivity contribution < 1.29 is 29.2 Å². The van der Waals surface area contributed by atoms with Gasteiger partial charge < -0.3 is 24.4 Å². The molecule has 1 aliphatic heterocycles. The zero-order valence-corrected chi connectivity index (χ0v) is 15.8. The average molecular weight is 346 g/mol. The van der Waals surface area contributed by atoms with Gasteiger partial charge in [0.2, 0.25) is 0 Å². The largest absolute Gasteiger partial charge is 0.460 e. The summed E-state index contributed by atoms with van der Waals surface area (Å²) in [6.45, 7) is 11.1. The highest BCUT2D eigenvalue weighted by molar-refractivity contribution is 5.72. The van der Waals surface area contributed by atoms with Crippen LogP contribution in [0.3, 0.4) is 0 Å². The van der Waals surface area contributed by atoms with Crippen LogP contribution in [0.15, 0.2) is 0 Å². The maximum atomic E-state index is 11.9. The van der Waals surface area contributed by atoms with Gasteiger partial charge in [-0.25, -0.2) is 0 Å². The van der Waals surface area contributed by atoms with Crippen molar-refractivity contribution in [1.82, 2.24) is 0 Å². The molecule has 24 heavy (non-hydrogen) atoms. The molecule has 0 amide bonds. The van der Waals surface area contributed by atoms with Gasteiger partial charge in [0.15, 0.2) is 6.29 Å². The zero-order valence-electron chi connectivity index (χ0n) is 15.8. The first-order valence-electron chi connectivity index (χ1n) is 8.89. The molecule has 1 aliphatic rings. The van der Waals surface area contributed by atoms with Crippen molar-refractivity contribution >= 4 is 5.97 Å².